The fraction of sp³-hybridized carbons (Fsp3) is 0.450. The topological polar surface area (TPSA) is 68.0 Å². The first kappa shape index (κ1) is 19.1. The molecule has 0 radical (unpaired) electrons. The van der Waals surface area contributed by atoms with Crippen LogP contribution in [0.4, 0.5) is 5.95 Å². The second-order valence-electron chi connectivity index (χ2n) is 6.73. The van der Waals surface area contributed by atoms with Crippen LogP contribution in [0.25, 0.3) is 11.0 Å². The Morgan fingerprint density at radius 2 is 1.89 bits per heavy atom. The van der Waals surface area contributed by atoms with E-state index in [1.165, 1.54) is 0 Å². The largest absolute Gasteiger partial charge is 0.309 e. The van der Waals surface area contributed by atoms with Crippen molar-refractivity contribution in [1.29, 1.82) is 0 Å². The average Bonchev–Trinajstić information content (AvgIpc) is 3.12. The summed E-state index contributed by atoms with van der Waals surface area (Å²) in [6.07, 6.45) is 0. The Bertz CT molecular complexity index is 951. The van der Waals surface area contributed by atoms with Crippen LogP contribution in [0.3, 0.4) is 0 Å². The van der Waals surface area contributed by atoms with E-state index in [-0.39, 0.29) is 5.91 Å². The van der Waals surface area contributed by atoms with E-state index < -0.39 is 0 Å². The lowest BCUT2D eigenvalue weighted by atomic mass is 10.2. The van der Waals surface area contributed by atoms with Gasteiger partial charge in [-0.15, -0.1) is 0 Å². The zero-order valence-corrected chi connectivity index (χ0v) is 16.8. The second-order valence-corrected chi connectivity index (χ2v) is 6.73. The number of nitrogens with one attached hydrogen (secondary N) is 1. The number of para-hydroxylation sites is 2. The summed E-state index contributed by atoms with van der Waals surface area (Å²) in [5.41, 5.74) is 4.08. The predicted molar refractivity (Wildman–Crippen MR) is 108 cm³/mol. The summed E-state index contributed by atoms with van der Waals surface area (Å²) in [5.74, 6) is 0.411. The summed E-state index contributed by atoms with van der Waals surface area (Å²) >= 11 is 0. The molecule has 27 heavy (non-hydrogen) atoms. The van der Waals surface area contributed by atoms with Gasteiger partial charge in [0.05, 0.1) is 22.3 Å². The number of carbonyl (C=O) groups is 1. The van der Waals surface area contributed by atoms with Gasteiger partial charge in [0, 0.05) is 25.8 Å². The number of carbonyl (C=O) groups excluding carboxylic acids is 1. The Labute approximate surface area is 160 Å². The van der Waals surface area contributed by atoms with Crippen LogP contribution in [0, 0.1) is 13.8 Å². The van der Waals surface area contributed by atoms with Gasteiger partial charge in [0.1, 0.15) is 0 Å². The molecule has 3 aromatic rings. The molecular formula is C20H28N6O. The van der Waals surface area contributed by atoms with Crippen molar-refractivity contribution in [2.45, 2.75) is 34.2 Å². The average molecular weight is 368 g/mol. The van der Waals surface area contributed by atoms with E-state index in [0.717, 1.165) is 48.6 Å². The van der Waals surface area contributed by atoms with Gasteiger partial charge in [-0.1, -0.05) is 26.0 Å². The van der Waals surface area contributed by atoms with Crippen molar-refractivity contribution in [2.75, 3.05) is 25.0 Å². The maximum atomic E-state index is 12.9. The molecule has 0 unspecified atom stereocenters. The van der Waals surface area contributed by atoms with Crippen LogP contribution in [0.15, 0.2) is 24.3 Å². The lowest BCUT2D eigenvalue weighted by Gasteiger charge is -2.19. The second kappa shape index (κ2) is 7.92. The molecule has 144 valence electrons. The number of hydrogen-bond donors (Lipinski definition) is 1. The van der Waals surface area contributed by atoms with E-state index in [0.29, 0.717) is 11.5 Å². The number of rotatable bonds is 7. The van der Waals surface area contributed by atoms with Crippen molar-refractivity contribution in [3.63, 3.8) is 0 Å². The number of amides is 1. The molecule has 7 heteroatoms. The molecule has 0 aliphatic heterocycles. The highest BCUT2D eigenvalue weighted by molar-refractivity contribution is 6.05. The smallest absolute Gasteiger partial charge is 0.261 e. The fourth-order valence-electron chi connectivity index (χ4n) is 3.44. The van der Waals surface area contributed by atoms with Crippen molar-refractivity contribution in [3.8, 4) is 0 Å². The molecular weight excluding hydrogens is 340 g/mol. The van der Waals surface area contributed by atoms with Gasteiger partial charge in [0.25, 0.3) is 5.91 Å². The van der Waals surface area contributed by atoms with Gasteiger partial charge in [-0.2, -0.15) is 5.10 Å². The number of aromatic nitrogens is 4. The maximum Gasteiger partial charge on any atom is 0.261 e. The molecule has 3 rings (SSSR count). The SMILES string of the molecule is CCN(CC)CCn1c(NC(=O)c2c(C)nn(C)c2C)nc2ccccc21. The van der Waals surface area contributed by atoms with Crippen molar-refractivity contribution in [1.82, 2.24) is 24.2 Å². The first-order valence-corrected chi connectivity index (χ1v) is 9.45. The molecule has 0 aliphatic rings. The maximum absolute atomic E-state index is 12.9. The van der Waals surface area contributed by atoms with Crippen LogP contribution in [-0.2, 0) is 13.6 Å². The van der Waals surface area contributed by atoms with E-state index in [9.17, 15) is 4.79 Å². The minimum atomic E-state index is -0.169. The van der Waals surface area contributed by atoms with Crippen molar-refractivity contribution in [2.24, 2.45) is 7.05 Å². The molecule has 2 aromatic heterocycles. The monoisotopic (exact) mass is 368 g/mol. The van der Waals surface area contributed by atoms with Crippen LogP contribution in [0.2, 0.25) is 0 Å². The molecule has 1 N–H and O–H groups in total. The quantitative estimate of drug-likeness (QED) is 0.696. The summed E-state index contributed by atoms with van der Waals surface area (Å²) in [6, 6.07) is 7.98. The molecule has 2 heterocycles. The van der Waals surface area contributed by atoms with Gasteiger partial charge >= 0.3 is 0 Å². The van der Waals surface area contributed by atoms with E-state index in [4.69, 9.17) is 0 Å². The van der Waals surface area contributed by atoms with Crippen LogP contribution in [-0.4, -0.2) is 49.8 Å². The first-order chi connectivity index (χ1) is 13.0. The number of fused-ring (bicyclic) bond motifs is 1. The molecule has 7 nitrogen and oxygen atoms in total. The summed E-state index contributed by atoms with van der Waals surface area (Å²) in [6.45, 7) is 11.7. The lowest BCUT2D eigenvalue weighted by Crippen LogP contribution is -2.28. The summed E-state index contributed by atoms with van der Waals surface area (Å²) < 4.78 is 3.82. The van der Waals surface area contributed by atoms with Crippen LogP contribution in [0.1, 0.15) is 35.6 Å². The minimum absolute atomic E-state index is 0.169. The van der Waals surface area contributed by atoms with Gasteiger partial charge in [0.2, 0.25) is 5.95 Å². The summed E-state index contributed by atoms with van der Waals surface area (Å²) in [7, 11) is 1.85. The number of aryl methyl sites for hydroxylation is 2. The van der Waals surface area contributed by atoms with E-state index in [2.05, 4.69) is 38.7 Å². The number of likely N-dealkylation sites (N-methyl/N-ethyl adjacent to an activating group) is 1. The molecule has 0 aliphatic carbocycles. The highest BCUT2D eigenvalue weighted by Crippen LogP contribution is 2.21. The standard InChI is InChI=1S/C20H28N6O/c1-6-25(7-2)12-13-26-17-11-9-8-10-16(17)21-20(26)22-19(27)18-14(3)23-24(5)15(18)4/h8-11H,6-7,12-13H2,1-5H3,(H,21,22,27). The zero-order chi connectivity index (χ0) is 19.6. The highest BCUT2D eigenvalue weighted by Gasteiger charge is 2.20. The molecule has 0 atom stereocenters. The Morgan fingerprint density at radius 1 is 1.19 bits per heavy atom. The highest BCUT2D eigenvalue weighted by atomic mass is 16.1. The minimum Gasteiger partial charge on any atom is -0.309 e. The van der Waals surface area contributed by atoms with E-state index in [1.807, 2.05) is 45.2 Å². The molecule has 1 amide bonds. The Kier molecular flexibility index (Phi) is 5.60. The summed E-state index contributed by atoms with van der Waals surface area (Å²) in [4.78, 5) is 19.9. The molecule has 0 bridgehead atoms. The molecule has 0 saturated heterocycles. The third-order valence-electron chi connectivity index (χ3n) is 5.15. The number of anilines is 1. The van der Waals surface area contributed by atoms with Gasteiger partial charge in [-0.25, -0.2) is 4.98 Å². The number of hydrogen-bond acceptors (Lipinski definition) is 4. The van der Waals surface area contributed by atoms with Crippen LogP contribution in [0.5, 0.6) is 0 Å². The van der Waals surface area contributed by atoms with Crippen molar-refractivity contribution >= 4 is 22.9 Å². The Hall–Kier alpha value is -2.67. The predicted octanol–water partition coefficient (Wildman–Crippen LogP) is 2.98. The number of imidazole rings is 1. The number of nitrogens with zero attached hydrogens (tertiary/aromatic N) is 5. The Morgan fingerprint density at radius 3 is 2.52 bits per heavy atom. The molecule has 0 spiro atoms. The van der Waals surface area contributed by atoms with Crippen LogP contribution < -0.4 is 5.32 Å². The third kappa shape index (κ3) is 3.73. The third-order valence-corrected chi connectivity index (χ3v) is 5.15. The van der Waals surface area contributed by atoms with E-state index in [1.54, 1.807) is 4.68 Å². The fourth-order valence-corrected chi connectivity index (χ4v) is 3.44. The van der Waals surface area contributed by atoms with E-state index >= 15 is 0 Å². The Balaban J connectivity index is 1.93. The normalized spacial score (nSPS) is 11.5. The summed E-state index contributed by atoms with van der Waals surface area (Å²) in [5, 5.41) is 7.35. The zero-order valence-electron chi connectivity index (χ0n) is 16.8. The molecule has 0 fully saturated rings. The van der Waals surface area contributed by atoms with Crippen molar-refractivity contribution < 1.29 is 4.79 Å². The van der Waals surface area contributed by atoms with Crippen molar-refractivity contribution in [3.05, 3.63) is 41.2 Å². The lowest BCUT2D eigenvalue weighted by molar-refractivity contribution is 0.102. The van der Waals surface area contributed by atoms with Gasteiger partial charge in [-0.05, 0) is 39.1 Å². The van der Waals surface area contributed by atoms with Gasteiger partial charge < -0.3 is 9.47 Å². The first-order valence-electron chi connectivity index (χ1n) is 9.45. The van der Waals surface area contributed by atoms with Gasteiger partial charge in [-0.3, -0.25) is 14.8 Å². The molecule has 1 aromatic carbocycles. The van der Waals surface area contributed by atoms with Gasteiger partial charge in [0.15, 0.2) is 0 Å². The van der Waals surface area contributed by atoms with Crippen LogP contribution >= 0.6 is 0 Å². The number of benzene rings is 1. The molecule has 0 saturated carbocycles.